The van der Waals surface area contributed by atoms with Gasteiger partial charge in [0.2, 0.25) is 0 Å². The summed E-state index contributed by atoms with van der Waals surface area (Å²) >= 11 is 3.14. The highest BCUT2D eigenvalue weighted by molar-refractivity contribution is 9.10. The van der Waals surface area contributed by atoms with Crippen LogP contribution in [0.5, 0.6) is 0 Å². The summed E-state index contributed by atoms with van der Waals surface area (Å²) in [5.74, 6) is 5.12. The van der Waals surface area contributed by atoms with Crippen LogP contribution < -0.4 is 11.3 Å². The lowest BCUT2D eigenvalue weighted by atomic mass is 10.0. The van der Waals surface area contributed by atoms with Crippen molar-refractivity contribution in [2.75, 3.05) is 0 Å². The van der Waals surface area contributed by atoms with Gasteiger partial charge in [0.15, 0.2) is 0 Å². The van der Waals surface area contributed by atoms with Crippen molar-refractivity contribution < 1.29 is 4.39 Å². The number of hydrazine groups is 1. The standard InChI is InChI=1S/C11H14BrFN2/c1-7(2)6-10(15-14)8-4-3-5-9(12)11(8)13/h3-5,10,15H,1,6,14H2,2H3. The molecule has 1 unspecified atom stereocenters. The van der Waals surface area contributed by atoms with Crippen molar-refractivity contribution in [3.8, 4) is 0 Å². The highest BCUT2D eigenvalue weighted by atomic mass is 79.9. The molecule has 0 aromatic heterocycles. The van der Waals surface area contributed by atoms with E-state index in [4.69, 9.17) is 5.84 Å². The molecule has 1 aromatic carbocycles. The fourth-order valence-electron chi connectivity index (χ4n) is 1.40. The number of nitrogens with one attached hydrogen (secondary N) is 1. The number of hydrogen-bond donors (Lipinski definition) is 2. The van der Waals surface area contributed by atoms with E-state index in [0.29, 0.717) is 16.5 Å². The third-order valence-electron chi connectivity index (χ3n) is 2.11. The molecule has 3 N–H and O–H groups in total. The molecule has 0 aliphatic rings. The second-order valence-corrected chi connectivity index (χ2v) is 4.38. The lowest BCUT2D eigenvalue weighted by Gasteiger charge is -2.17. The zero-order valence-electron chi connectivity index (χ0n) is 8.56. The van der Waals surface area contributed by atoms with E-state index in [1.807, 2.05) is 6.92 Å². The van der Waals surface area contributed by atoms with Gasteiger partial charge in [-0.2, -0.15) is 0 Å². The third kappa shape index (κ3) is 3.12. The topological polar surface area (TPSA) is 38.0 Å². The molecule has 1 rings (SSSR count). The Morgan fingerprint density at radius 1 is 1.67 bits per heavy atom. The minimum absolute atomic E-state index is 0.236. The van der Waals surface area contributed by atoms with Crippen molar-refractivity contribution in [1.29, 1.82) is 0 Å². The van der Waals surface area contributed by atoms with E-state index in [1.54, 1.807) is 18.2 Å². The summed E-state index contributed by atoms with van der Waals surface area (Å²) in [4.78, 5) is 0. The van der Waals surface area contributed by atoms with Gasteiger partial charge in [-0.05, 0) is 35.3 Å². The summed E-state index contributed by atoms with van der Waals surface area (Å²) in [5, 5.41) is 0. The molecule has 15 heavy (non-hydrogen) atoms. The molecule has 0 saturated carbocycles. The molecule has 1 aromatic rings. The van der Waals surface area contributed by atoms with Gasteiger partial charge in [0.05, 0.1) is 10.5 Å². The summed E-state index contributed by atoms with van der Waals surface area (Å²) in [6.45, 7) is 5.68. The van der Waals surface area contributed by atoms with Gasteiger partial charge in [0, 0.05) is 5.56 Å². The largest absolute Gasteiger partial charge is 0.271 e. The number of benzene rings is 1. The van der Waals surface area contributed by atoms with Crippen LogP contribution in [-0.4, -0.2) is 0 Å². The maximum Gasteiger partial charge on any atom is 0.142 e. The second kappa shape index (κ2) is 5.39. The van der Waals surface area contributed by atoms with Crippen LogP contribution in [0.1, 0.15) is 24.9 Å². The van der Waals surface area contributed by atoms with E-state index in [1.165, 1.54) is 0 Å². The summed E-state index contributed by atoms with van der Waals surface area (Å²) < 4.78 is 14.2. The highest BCUT2D eigenvalue weighted by Gasteiger charge is 2.15. The summed E-state index contributed by atoms with van der Waals surface area (Å²) in [7, 11) is 0. The average Bonchev–Trinajstić information content (AvgIpc) is 2.19. The van der Waals surface area contributed by atoms with E-state index < -0.39 is 0 Å². The van der Waals surface area contributed by atoms with Gasteiger partial charge in [-0.15, -0.1) is 6.58 Å². The minimum Gasteiger partial charge on any atom is -0.271 e. The number of halogens is 2. The van der Waals surface area contributed by atoms with Crippen molar-refractivity contribution in [1.82, 2.24) is 5.43 Å². The van der Waals surface area contributed by atoms with Gasteiger partial charge >= 0.3 is 0 Å². The van der Waals surface area contributed by atoms with Crippen LogP contribution in [0, 0.1) is 5.82 Å². The monoisotopic (exact) mass is 272 g/mol. The van der Waals surface area contributed by atoms with Crippen LogP contribution in [-0.2, 0) is 0 Å². The van der Waals surface area contributed by atoms with Gasteiger partial charge in [-0.1, -0.05) is 17.7 Å². The Bertz CT molecular complexity index is 366. The van der Waals surface area contributed by atoms with Crippen LogP contribution in [0.2, 0.25) is 0 Å². The normalized spacial score (nSPS) is 12.5. The molecule has 0 spiro atoms. The lowest BCUT2D eigenvalue weighted by Crippen LogP contribution is -2.28. The van der Waals surface area contributed by atoms with Crippen LogP contribution in [0.4, 0.5) is 4.39 Å². The molecular formula is C11H14BrFN2. The molecule has 0 aliphatic heterocycles. The fraction of sp³-hybridized carbons (Fsp3) is 0.273. The first kappa shape index (κ1) is 12.4. The Kier molecular flexibility index (Phi) is 4.45. The van der Waals surface area contributed by atoms with Crippen molar-refractivity contribution in [3.63, 3.8) is 0 Å². The van der Waals surface area contributed by atoms with Crippen molar-refractivity contribution in [3.05, 3.63) is 46.2 Å². The van der Waals surface area contributed by atoms with Gasteiger partial charge < -0.3 is 0 Å². The third-order valence-corrected chi connectivity index (χ3v) is 2.72. The SMILES string of the molecule is C=C(C)CC(NN)c1cccc(Br)c1F. The minimum atomic E-state index is -0.276. The maximum atomic E-state index is 13.7. The molecule has 82 valence electrons. The Morgan fingerprint density at radius 2 is 2.33 bits per heavy atom. The lowest BCUT2D eigenvalue weighted by molar-refractivity contribution is 0.507. The zero-order chi connectivity index (χ0) is 11.4. The molecule has 0 radical (unpaired) electrons. The van der Waals surface area contributed by atoms with Crippen LogP contribution >= 0.6 is 15.9 Å². The van der Waals surface area contributed by atoms with Crippen LogP contribution in [0.25, 0.3) is 0 Å². The van der Waals surface area contributed by atoms with E-state index in [2.05, 4.69) is 27.9 Å². The van der Waals surface area contributed by atoms with E-state index in [9.17, 15) is 4.39 Å². The Balaban J connectivity index is 3.01. The van der Waals surface area contributed by atoms with Gasteiger partial charge in [0.25, 0.3) is 0 Å². The van der Waals surface area contributed by atoms with Crippen LogP contribution in [0.3, 0.4) is 0 Å². The quantitative estimate of drug-likeness (QED) is 0.502. The number of hydrogen-bond acceptors (Lipinski definition) is 2. The average molecular weight is 273 g/mol. The predicted molar refractivity (Wildman–Crippen MR) is 63.6 cm³/mol. The molecular weight excluding hydrogens is 259 g/mol. The zero-order valence-corrected chi connectivity index (χ0v) is 10.1. The molecule has 0 saturated heterocycles. The number of rotatable bonds is 4. The van der Waals surface area contributed by atoms with Gasteiger partial charge in [-0.25, -0.2) is 4.39 Å². The molecule has 0 heterocycles. The first-order valence-electron chi connectivity index (χ1n) is 4.60. The molecule has 0 fully saturated rings. The highest BCUT2D eigenvalue weighted by Crippen LogP contribution is 2.26. The van der Waals surface area contributed by atoms with Crippen molar-refractivity contribution in [2.45, 2.75) is 19.4 Å². The first-order chi connectivity index (χ1) is 7.06. The Hall–Kier alpha value is -0.710. The molecule has 2 nitrogen and oxygen atoms in total. The molecule has 0 aliphatic carbocycles. The summed E-state index contributed by atoms with van der Waals surface area (Å²) in [6.07, 6.45) is 0.615. The van der Waals surface area contributed by atoms with Gasteiger partial charge in [-0.3, -0.25) is 11.3 Å². The molecule has 4 heteroatoms. The summed E-state index contributed by atoms with van der Waals surface area (Å²) in [5.41, 5.74) is 4.10. The molecule has 1 atom stereocenters. The van der Waals surface area contributed by atoms with Crippen LogP contribution in [0.15, 0.2) is 34.8 Å². The smallest absolute Gasteiger partial charge is 0.142 e. The summed E-state index contributed by atoms with van der Waals surface area (Å²) in [6, 6.07) is 4.92. The van der Waals surface area contributed by atoms with E-state index in [-0.39, 0.29) is 11.9 Å². The fourth-order valence-corrected chi connectivity index (χ4v) is 1.78. The molecule has 0 amide bonds. The first-order valence-corrected chi connectivity index (χ1v) is 5.40. The van der Waals surface area contributed by atoms with Gasteiger partial charge in [0.1, 0.15) is 5.82 Å². The Labute approximate surface area is 97.5 Å². The van der Waals surface area contributed by atoms with E-state index in [0.717, 1.165) is 5.57 Å². The van der Waals surface area contributed by atoms with Crippen molar-refractivity contribution >= 4 is 15.9 Å². The predicted octanol–water partition coefficient (Wildman–Crippen LogP) is 3.06. The number of nitrogens with two attached hydrogens (primary N) is 1. The molecule has 0 bridgehead atoms. The van der Waals surface area contributed by atoms with E-state index >= 15 is 0 Å². The second-order valence-electron chi connectivity index (χ2n) is 3.52. The maximum absolute atomic E-state index is 13.7. The Morgan fingerprint density at radius 3 is 2.87 bits per heavy atom. The van der Waals surface area contributed by atoms with Crippen molar-refractivity contribution in [2.24, 2.45) is 5.84 Å².